The lowest BCUT2D eigenvalue weighted by molar-refractivity contribution is -0.132. The van der Waals surface area contributed by atoms with E-state index in [1.54, 1.807) is 24.3 Å². The summed E-state index contributed by atoms with van der Waals surface area (Å²) in [4.78, 5) is 33.2. The van der Waals surface area contributed by atoms with E-state index in [9.17, 15) is 14.7 Å². The van der Waals surface area contributed by atoms with E-state index in [0.29, 0.717) is 22.4 Å². The van der Waals surface area contributed by atoms with Crippen LogP contribution in [0.15, 0.2) is 66.2 Å². The van der Waals surface area contributed by atoms with Crippen molar-refractivity contribution in [3.8, 4) is 5.75 Å². The van der Waals surface area contributed by atoms with Crippen LogP contribution in [-0.2, 0) is 9.59 Å². The average Bonchev–Trinajstić information content (AvgIpc) is 3.42. The number of aryl methyl sites for hydroxylation is 2. The number of hydrogen-bond acceptors (Lipinski definition) is 6. The Morgan fingerprint density at radius 2 is 1.78 bits per heavy atom. The number of aromatic nitrogens is 1. The van der Waals surface area contributed by atoms with Crippen LogP contribution in [-0.4, -0.2) is 28.9 Å². The van der Waals surface area contributed by atoms with Gasteiger partial charge in [0.25, 0.3) is 5.78 Å². The highest BCUT2D eigenvalue weighted by atomic mass is 32.1. The first-order valence-corrected chi connectivity index (χ1v) is 12.9. The summed E-state index contributed by atoms with van der Waals surface area (Å²) in [5.74, 6) is -0.840. The molecule has 6 nitrogen and oxygen atoms in total. The zero-order valence-corrected chi connectivity index (χ0v) is 22.2. The highest BCUT2D eigenvalue weighted by molar-refractivity contribution is 7.22. The molecule has 0 unspecified atom stereocenters. The van der Waals surface area contributed by atoms with Gasteiger partial charge >= 0.3 is 5.91 Å². The van der Waals surface area contributed by atoms with Crippen molar-refractivity contribution >= 4 is 44.1 Å². The second-order valence-electron chi connectivity index (χ2n) is 9.65. The zero-order chi connectivity index (χ0) is 26.4. The first kappa shape index (κ1) is 24.7. The number of ketones is 1. The molecule has 1 saturated heterocycles. The largest absolute Gasteiger partial charge is 0.507 e. The van der Waals surface area contributed by atoms with Crippen LogP contribution in [0.1, 0.15) is 53.6 Å². The summed E-state index contributed by atoms with van der Waals surface area (Å²) in [6.07, 6.45) is 0. The Labute approximate surface area is 219 Å². The molecule has 1 aliphatic heterocycles. The number of ether oxygens (including phenoxy) is 1. The predicted octanol–water partition coefficient (Wildman–Crippen LogP) is 6.67. The Hall–Kier alpha value is -3.97. The van der Waals surface area contributed by atoms with Gasteiger partial charge in [-0.1, -0.05) is 67.6 Å². The van der Waals surface area contributed by atoms with E-state index in [1.165, 1.54) is 23.3 Å². The van der Waals surface area contributed by atoms with Crippen LogP contribution >= 0.6 is 11.3 Å². The normalized spacial score (nSPS) is 17.2. The molecular formula is C30H28N2O4S. The minimum Gasteiger partial charge on any atom is -0.507 e. The number of amides is 1. The summed E-state index contributed by atoms with van der Waals surface area (Å²) >= 11 is 1.37. The third-order valence-electron chi connectivity index (χ3n) is 6.73. The fourth-order valence-corrected chi connectivity index (χ4v) is 5.96. The molecule has 0 bridgehead atoms. The van der Waals surface area contributed by atoms with Crippen LogP contribution in [0, 0.1) is 13.8 Å². The number of methoxy groups -OCH3 is 1. The Balaban J connectivity index is 1.73. The third kappa shape index (κ3) is 4.29. The molecule has 0 saturated carbocycles. The quantitative estimate of drug-likeness (QED) is 0.183. The van der Waals surface area contributed by atoms with Crippen LogP contribution in [0.3, 0.4) is 0 Å². The van der Waals surface area contributed by atoms with E-state index in [1.807, 2.05) is 50.2 Å². The van der Waals surface area contributed by atoms with E-state index < -0.39 is 17.7 Å². The van der Waals surface area contributed by atoms with Crippen molar-refractivity contribution in [2.75, 3.05) is 12.0 Å². The lowest BCUT2D eigenvalue weighted by Crippen LogP contribution is -2.29. The van der Waals surface area contributed by atoms with E-state index in [-0.39, 0.29) is 11.3 Å². The van der Waals surface area contributed by atoms with Crippen molar-refractivity contribution in [3.05, 3.63) is 94.1 Å². The molecule has 188 valence electrons. The van der Waals surface area contributed by atoms with E-state index >= 15 is 0 Å². The molecule has 3 aromatic carbocycles. The monoisotopic (exact) mass is 512 g/mol. The molecule has 2 heterocycles. The first-order chi connectivity index (χ1) is 17.7. The van der Waals surface area contributed by atoms with Gasteiger partial charge in [0.05, 0.1) is 28.9 Å². The molecule has 1 atom stereocenters. The Bertz CT molecular complexity index is 1570. The summed E-state index contributed by atoms with van der Waals surface area (Å²) in [7, 11) is 1.53. The minimum absolute atomic E-state index is 0.0303. The lowest BCUT2D eigenvalue weighted by Gasteiger charge is -2.23. The van der Waals surface area contributed by atoms with Crippen molar-refractivity contribution in [2.24, 2.45) is 0 Å². The smallest absolute Gasteiger partial charge is 0.301 e. The molecule has 1 N–H and O–H groups in total. The number of fused-ring (bicyclic) bond motifs is 1. The summed E-state index contributed by atoms with van der Waals surface area (Å²) in [5, 5.41) is 11.8. The number of rotatable bonds is 5. The molecule has 1 fully saturated rings. The Morgan fingerprint density at radius 1 is 1.05 bits per heavy atom. The number of aliphatic hydroxyl groups excluding tert-OH is 1. The molecule has 5 rings (SSSR count). The van der Waals surface area contributed by atoms with E-state index in [0.717, 1.165) is 32.5 Å². The first-order valence-electron chi connectivity index (χ1n) is 12.1. The molecule has 7 heteroatoms. The molecule has 0 radical (unpaired) electrons. The number of nitrogens with zero attached hydrogens (tertiary/aromatic N) is 2. The maximum absolute atomic E-state index is 13.5. The van der Waals surface area contributed by atoms with E-state index in [2.05, 4.69) is 13.8 Å². The fourth-order valence-electron chi connectivity index (χ4n) is 4.80. The third-order valence-corrected chi connectivity index (χ3v) is 7.73. The number of aliphatic hydroxyl groups is 1. The maximum Gasteiger partial charge on any atom is 0.301 e. The van der Waals surface area contributed by atoms with Crippen LogP contribution in [0.25, 0.3) is 16.0 Å². The maximum atomic E-state index is 13.5. The number of thiazole rings is 1. The van der Waals surface area contributed by atoms with Gasteiger partial charge in [-0.15, -0.1) is 0 Å². The van der Waals surface area contributed by atoms with Gasteiger partial charge in [0.15, 0.2) is 5.13 Å². The van der Waals surface area contributed by atoms with Crippen molar-refractivity contribution in [1.82, 2.24) is 4.98 Å². The van der Waals surface area contributed by atoms with Gasteiger partial charge in [-0.05, 0) is 60.2 Å². The number of carbonyl (C=O) groups is 2. The SMILES string of the molecule is COc1cccc(C(O)=C2C(=O)C(=O)N(c3nc4c(C)cc(C)cc4s3)[C@@H]2c2ccc(C(C)C)cc2)c1. The molecule has 4 aromatic rings. The second kappa shape index (κ2) is 9.48. The molecular weight excluding hydrogens is 484 g/mol. The molecule has 0 spiro atoms. The van der Waals surface area contributed by atoms with Crippen LogP contribution < -0.4 is 9.64 Å². The second-order valence-corrected chi connectivity index (χ2v) is 10.7. The van der Waals surface area contributed by atoms with Gasteiger partial charge in [-0.3, -0.25) is 14.5 Å². The number of anilines is 1. The van der Waals surface area contributed by atoms with Gasteiger partial charge in [-0.25, -0.2) is 4.98 Å². The average molecular weight is 513 g/mol. The number of hydrogen-bond donors (Lipinski definition) is 1. The van der Waals surface area contributed by atoms with Gasteiger partial charge in [0.2, 0.25) is 0 Å². The van der Waals surface area contributed by atoms with Crippen molar-refractivity contribution < 1.29 is 19.4 Å². The predicted molar refractivity (Wildman–Crippen MR) is 147 cm³/mol. The van der Waals surface area contributed by atoms with Gasteiger partial charge in [0, 0.05) is 5.56 Å². The van der Waals surface area contributed by atoms with Gasteiger partial charge < -0.3 is 9.84 Å². The van der Waals surface area contributed by atoms with Crippen molar-refractivity contribution in [2.45, 2.75) is 39.7 Å². The topological polar surface area (TPSA) is 79.7 Å². The summed E-state index contributed by atoms with van der Waals surface area (Å²) in [6, 6.07) is 17.9. The molecule has 37 heavy (non-hydrogen) atoms. The van der Waals surface area contributed by atoms with Crippen LogP contribution in [0.5, 0.6) is 5.75 Å². The summed E-state index contributed by atoms with van der Waals surface area (Å²) < 4.78 is 6.24. The van der Waals surface area contributed by atoms with Gasteiger partial charge in [0.1, 0.15) is 11.5 Å². The molecule has 1 aliphatic rings. The Morgan fingerprint density at radius 3 is 2.46 bits per heavy atom. The minimum atomic E-state index is -0.825. The summed E-state index contributed by atoms with van der Waals surface area (Å²) in [6.45, 7) is 8.21. The highest BCUT2D eigenvalue weighted by Gasteiger charge is 2.48. The van der Waals surface area contributed by atoms with Crippen molar-refractivity contribution in [1.29, 1.82) is 0 Å². The molecule has 0 aliphatic carbocycles. The molecule has 1 amide bonds. The fraction of sp³-hybridized carbons (Fsp3) is 0.233. The van der Waals surface area contributed by atoms with Crippen LogP contribution in [0.2, 0.25) is 0 Å². The summed E-state index contributed by atoms with van der Waals surface area (Å²) in [5.41, 5.74) is 5.19. The number of Topliss-reactive ketones (excluding diaryl/α,β-unsaturated/α-hetero) is 1. The van der Waals surface area contributed by atoms with E-state index in [4.69, 9.17) is 9.72 Å². The highest BCUT2D eigenvalue weighted by Crippen LogP contribution is 2.45. The van der Waals surface area contributed by atoms with Crippen LogP contribution in [0.4, 0.5) is 5.13 Å². The zero-order valence-electron chi connectivity index (χ0n) is 21.4. The standard InChI is InChI=1S/C30H28N2O4S/c1-16(2)19-9-11-20(12-10-19)26-24(27(33)21-7-6-8-22(15-21)36-5)28(34)29(35)32(26)30-31-25-18(4)13-17(3)14-23(25)37-30/h6-16,26,33H,1-5H3/t26-/m1/s1. The lowest BCUT2D eigenvalue weighted by atomic mass is 9.93. The number of benzene rings is 3. The number of carbonyl (C=O) groups excluding carboxylic acids is 2. The molecule has 1 aromatic heterocycles. The van der Waals surface area contributed by atoms with Gasteiger partial charge in [-0.2, -0.15) is 0 Å². The Kier molecular flexibility index (Phi) is 6.33. The van der Waals surface area contributed by atoms with Crippen molar-refractivity contribution in [3.63, 3.8) is 0 Å².